The number of nitrogens with zero attached hydrogens (tertiary/aromatic N) is 2. The summed E-state index contributed by atoms with van der Waals surface area (Å²) >= 11 is 0. The fourth-order valence-corrected chi connectivity index (χ4v) is 4.59. The molecule has 2 atom stereocenters. The molecule has 1 heterocycles. The van der Waals surface area contributed by atoms with E-state index in [9.17, 15) is 9.59 Å². The van der Waals surface area contributed by atoms with E-state index in [0.717, 1.165) is 63.3 Å². The van der Waals surface area contributed by atoms with Crippen molar-refractivity contribution in [2.24, 2.45) is 11.7 Å². The van der Waals surface area contributed by atoms with E-state index in [0.29, 0.717) is 25.5 Å². The number of carbonyl (C=O) groups is 2. The van der Waals surface area contributed by atoms with Gasteiger partial charge in [-0.1, -0.05) is 30.3 Å². The zero-order valence-corrected chi connectivity index (χ0v) is 19.3. The van der Waals surface area contributed by atoms with Crippen LogP contribution in [0.15, 0.2) is 54.6 Å². The Bertz CT molecular complexity index is 908. The summed E-state index contributed by atoms with van der Waals surface area (Å²) in [6.07, 6.45) is 3.20. The Kier molecular flexibility index (Phi) is 8.13. The lowest BCUT2D eigenvalue weighted by Crippen LogP contribution is -2.49. The van der Waals surface area contributed by atoms with Gasteiger partial charge in [-0.2, -0.15) is 0 Å². The zero-order chi connectivity index (χ0) is 23.0. The molecule has 2 aromatic rings. The van der Waals surface area contributed by atoms with Crippen LogP contribution in [0.2, 0.25) is 0 Å². The Hall–Kier alpha value is -2.70. The first-order valence-electron chi connectivity index (χ1n) is 12.2. The lowest BCUT2D eigenvalue weighted by Gasteiger charge is -2.34. The number of ether oxygens (including phenoxy) is 1. The van der Waals surface area contributed by atoms with E-state index in [1.165, 1.54) is 5.56 Å². The van der Waals surface area contributed by atoms with Gasteiger partial charge in [-0.15, -0.1) is 0 Å². The van der Waals surface area contributed by atoms with Crippen molar-refractivity contribution in [1.29, 1.82) is 0 Å². The molecule has 0 spiro atoms. The van der Waals surface area contributed by atoms with Crippen LogP contribution in [0.25, 0.3) is 0 Å². The second kappa shape index (κ2) is 11.4. The first-order valence-corrected chi connectivity index (χ1v) is 12.2. The molecule has 1 aliphatic carbocycles. The maximum atomic E-state index is 12.8. The summed E-state index contributed by atoms with van der Waals surface area (Å²) in [4.78, 5) is 29.2. The van der Waals surface area contributed by atoms with Crippen molar-refractivity contribution in [2.45, 2.75) is 31.6 Å². The lowest BCUT2D eigenvalue weighted by molar-refractivity contribution is -0.133. The van der Waals surface area contributed by atoms with E-state index < -0.39 is 0 Å². The summed E-state index contributed by atoms with van der Waals surface area (Å²) in [5, 5.41) is 0. The highest BCUT2D eigenvalue weighted by Crippen LogP contribution is 2.49. The van der Waals surface area contributed by atoms with Crippen LogP contribution in [-0.2, 0) is 4.79 Å². The third kappa shape index (κ3) is 6.42. The molecule has 33 heavy (non-hydrogen) atoms. The van der Waals surface area contributed by atoms with Crippen LogP contribution in [0, 0.1) is 5.92 Å². The van der Waals surface area contributed by atoms with Gasteiger partial charge in [0.1, 0.15) is 5.75 Å². The standard InChI is InChI=1S/C27H35N3O3/c28-13-4-8-26(31)30-17-15-29(16-18-30)14-5-19-33-23-11-9-22(10-12-23)27(32)25-20-24(25)21-6-2-1-3-7-21/h1-3,6-7,9-12,24-25H,4-5,8,13-20,28H2/t24-,25+/m0/s1. The molecule has 1 saturated heterocycles. The minimum Gasteiger partial charge on any atom is -0.494 e. The molecule has 2 fully saturated rings. The van der Waals surface area contributed by atoms with Crippen molar-refractivity contribution >= 4 is 11.7 Å². The van der Waals surface area contributed by atoms with Gasteiger partial charge >= 0.3 is 0 Å². The van der Waals surface area contributed by atoms with E-state index >= 15 is 0 Å². The first kappa shape index (κ1) is 23.5. The van der Waals surface area contributed by atoms with Crippen LogP contribution in [-0.4, -0.2) is 67.4 Å². The van der Waals surface area contributed by atoms with Gasteiger partial charge in [-0.25, -0.2) is 0 Å². The molecule has 0 unspecified atom stereocenters. The predicted octanol–water partition coefficient (Wildman–Crippen LogP) is 3.33. The Morgan fingerprint density at radius 3 is 2.36 bits per heavy atom. The Labute approximate surface area is 196 Å². The zero-order valence-electron chi connectivity index (χ0n) is 19.3. The number of piperazine rings is 1. The van der Waals surface area contributed by atoms with Gasteiger partial charge in [-0.05, 0) is 61.6 Å². The van der Waals surface area contributed by atoms with E-state index in [1.807, 2.05) is 47.4 Å². The van der Waals surface area contributed by atoms with Crippen LogP contribution in [0.5, 0.6) is 5.75 Å². The monoisotopic (exact) mass is 449 g/mol. The molecular formula is C27H35N3O3. The van der Waals surface area contributed by atoms with Gasteiger partial charge < -0.3 is 15.4 Å². The Balaban J connectivity index is 1.13. The average molecular weight is 450 g/mol. The summed E-state index contributed by atoms with van der Waals surface area (Å²) in [7, 11) is 0. The SMILES string of the molecule is NCCCC(=O)N1CCN(CCCOc2ccc(C(=O)[C@@H]3C[C@H]3c3ccccc3)cc2)CC1. The van der Waals surface area contributed by atoms with Gasteiger partial charge in [-0.3, -0.25) is 14.5 Å². The van der Waals surface area contributed by atoms with E-state index in [4.69, 9.17) is 10.5 Å². The van der Waals surface area contributed by atoms with E-state index in [1.54, 1.807) is 0 Å². The Morgan fingerprint density at radius 2 is 1.67 bits per heavy atom. The smallest absolute Gasteiger partial charge is 0.222 e. The highest BCUT2D eigenvalue weighted by Gasteiger charge is 2.43. The van der Waals surface area contributed by atoms with Gasteiger partial charge in [0.25, 0.3) is 0 Å². The van der Waals surface area contributed by atoms with Crippen molar-refractivity contribution in [3.05, 3.63) is 65.7 Å². The third-order valence-electron chi connectivity index (χ3n) is 6.70. The molecule has 6 nitrogen and oxygen atoms in total. The predicted molar refractivity (Wildman–Crippen MR) is 129 cm³/mol. The number of hydrogen-bond donors (Lipinski definition) is 1. The molecule has 0 bridgehead atoms. The number of hydrogen-bond acceptors (Lipinski definition) is 5. The molecule has 1 saturated carbocycles. The summed E-state index contributed by atoms with van der Waals surface area (Å²) < 4.78 is 5.89. The highest BCUT2D eigenvalue weighted by molar-refractivity contribution is 6.00. The van der Waals surface area contributed by atoms with Crippen molar-refractivity contribution in [1.82, 2.24) is 9.80 Å². The highest BCUT2D eigenvalue weighted by atomic mass is 16.5. The number of Topliss-reactive ketones (excluding diaryl/α,β-unsaturated/α-hetero) is 1. The van der Waals surface area contributed by atoms with Crippen molar-refractivity contribution in [2.75, 3.05) is 45.9 Å². The van der Waals surface area contributed by atoms with Gasteiger partial charge in [0.2, 0.25) is 5.91 Å². The molecule has 6 heteroatoms. The lowest BCUT2D eigenvalue weighted by atomic mass is 10.0. The van der Waals surface area contributed by atoms with Gasteiger partial charge in [0, 0.05) is 50.6 Å². The van der Waals surface area contributed by atoms with Crippen LogP contribution < -0.4 is 10.5 Å². The van der Waals surface area contributed by atoms with Crippen LogP contribution in [0.4, 0.5) is 0 Å². The largest absolute Gasteiger partial charge is 0.494 e. The minimum atomic E-state index is 0.107. The quantitative estimate of drug-likeness (QED) is 0.421. The number of carbonyl (C=O) groups excluding carboxylic acids is 2. The van der Waals surface area contributed by atoms with Crippen molar-refractivity contribution in [3.8, 4) is 5.75 Å². The first-order chi connectivity index (χ1) is 16.2. The third-order valence-corrected chi connectivity index (χ3v) is 6.70. The van der Waals surface area contributed by atoms with Gasteiger partial charge in [0.05, 0.1) is 6.61 Å². The molecule has 2 aromatic carbocycles. The molecule has 2 N–H and O–H groups in total. The fourth-order valence-electron chi connectivity index (χ4n) is 4.59. The molecule has 0 radical (unpaired) electrons. The number of amides is 1. The van der Waals surface area contributed by atoms with Crippen LogP contribution >= 0.6 is 0 Å². The second-order valence-electron chi connectivity index (χ2n) is 9.06. The van der Waals surface area contributed by atoms with Crippen molar-refractivity contribution in [3.63, 3.8) is 0 Å². The van der Waals surface area contributed by atoms with E-state index in [-0.39, 0.29) is 17.6 Å². The molecule has 2 aliphatic rings. The maximum Gasteiger partial charge on any atom is 0.222 e. The second-order valence-corrected chi connectivity index (χ2v) is 9.06. The number of ketones is 1. The number of benzene rings is 2. The van der Waals surface area contributed by atoms with Gasteiger partial charge in [0.15, 0.2) is 5.78 Å². The fraction of sp³-hybridized carbons (Fsp3) is 0.481. The topological polar surface area (TPSA) is 75.9 Å². The summed E-state index contributed by atoms with van der Waals surface area (Å²) in [5.74, 6) is 1.73. The molecule has 1 amide bonds. The molecule has 0 aromatic heterocycles. The number of nitrogens with two attached hydrogens (primary N) is 1. The summed E-state index contributed by atoms with van der Waals surface area (Å²) in [6, 6.07) is 17.9. The Morgan fingerprint density at radius 1 is 0.939 bits per heavy atom. The normalized spacial score (nSPS) is 20.5. The maximum absolute atomic E-state index is 12.8. The van der Waals surface area contributed by atoms with Crippen LogP contribution in [0.3, 0.4) is 0 Å². The van der Waals surface area contributed by atoms with Crippen molar-refractivity contribution < 1.29 is 14.3 Å². The molecule has 1 aliphatic heterocycles. The molecule has 4 rings (SSSR count). The average Bonchev–Trinajstić information content (AvgIpc) is 3.67. The van der Waals surface area contributed by atoms with Crippen LogP contribution in [0.1, 0.15) is 47.5 Å². The minimum absolute atomic E-state index is 0.107. The molecule has 176 valence electrons. The number of rotatable bonds is 11. The summed E-state index contributed by atoms with van der Waals surface area (Å²) in [6.45, 7) is 5.59. The summed E-state index contributed by atoms with van der Waals surface area (Å²) in [5.41, 5.74) is 7.52. The van der Waals surface area contributed by atoms with E-state index in [2.05, 4.69) is 17.0 Å². The molecular weight excluding hydrogens is 414 g/mol.